The summed E-state index contributed by atoms with van der Waals surface area (Å²) in [7, 11) is 0. The van der Waals surface area contributed by atoms with Gasteiger partial charge >= 0.3 is 0 Å². The van der Waals surface area contributed by atoms with Gasteiger partial charge in [-0.3, -0.25) is 0 Å². The number of aryl methyl sites for hydroxylation is 1. The average Bonchev–Trinajstić information content (AvgIpc) is 2.93. The van der Waals surface area contributed by atoms with Gasteiger partial charge in [-0.05, 0) is 38.3 Å². The molecule has 15 heavy (non-hydrogen) atoms. The van der Waals surface area contributed by atoms with Gasteiger partial charge in [-0.1, -0.05) is 17.7 Å². The largest absolute Gasteiger partial charge is 0.507 e. The molecule has 1 atom stereocenters. The molecule has 1 unspecified atom stereocenters. The summed E-state index contributed by atoms with van der Waals surface area (Å²) in [4.78, 5) is 0. The van der Waals surface area contributed by atoms with Crippen molar-refractivity contribution in [1.29, 1.82) is 0 Å². The van der Waals surface area contributed by atoms with Crippen LogP contribution in [0.2, 0.25) is 5.02 Å². The van der Waals surface area contributed by atoms with Crippen LogP contribution in [0, 0.1) is 6.92 Å². The van der Waals surface area contributed by atoms with E-state index in [2.05, 4.69) is 0 Å². The van der Waals surface area contributed by atoms with E-state index in [1.54, 1.807) is 0 Å². The summed E-state index contributed by atoms with van der Waals surface area (Å²) in [5.74, 6) is 0.317. The Balaban J connectivity index is 2.57. The molecule has 1 aromatic rings. The Kier molecular flexibility index (Phi) is 2.44. The summed E-state index contributed by atoms with van der Waals surface area (Å²) in [6.07, 6.45) is 2.03. The van der Waals surface area contributed by atoms with E-state index >= 15 is 0 Å². The summed E-state index contributed by atoms with van der Waals surface area (Å²) in [5, 5.41) is 10.7. The first-order chi connectivity index (χ1) is 6.99. The van der Waals surface area contributed by atoms with Crippen LogP contribution in [0.3, 0.4) is 0 Å². The van der Waals surface area contributed by atoms with Crippen molar-refractivity contribution in [3.63, 3.8) is 0 Å². The Labute approximate surface area is 95.1 Å². The molecule has 82 valence electrons. The molecule has 0 aromatic heterocycles. The molecular formula is C12H16ClNO. The standard InChI is InChI=1S/C12H16ClNO/c1-7-3-4-9(13)10(11(7)15)12(5-6-12)8(2)14/h3-4,8,15H,5-6,14H2,1-2H3. The van der Waals surface area contributed by atoms with Crippen LogP contribution in [0.25, 0.3) is 0 Å². The number of phenols is 1. The maximum absolute atomic E-state index is 10.1. The number of aromatic hydroxyl groups is 1. The first-order valence-electron chi connectivity index (χ1n) is 5.23. The summed E-state index contributed by atoms with van der Waals surface area (Å²) in [5.41, 5.74) is 7.60. The molecule has 1 aliphatic rings. The van der Waals surface area contributed by atoms with Gasteiger partial charge in [0.15, 0.2) is 0 Å². The van der Waals surface area contributed by atoms with Crippen LogP contribution >= 0.6 is 11.6 Å². The number of halogens is 1. The van der Waals surface area contributed by atoms with Gasteiger partial charge in [-0.15, -0.1) is 0 Å². The second kappa shape index (κ2) is 3.39. The summed E-state index contributed by atoms with van der Waals surface area (Å²) >= 11 is 6.15. The summed E-state index contributed by atoms with van der Waals surface area (Å²) < 4.78 is 0. The average molecular weight is 226 g/mol. The highest BCUT2D eigenvalue weighted by Gasteiger charge is 2.50. The molecule has 0 radical (unpaired) electrons. The monoisotopic (exact) mass is 225 g/mol. The van der Waals surface area contributed by atoms with Crippen LogP contribution < -0.4 is 5.73 Å². The molecule has 3 N–H and O–H groups in total. The fourth-order valence-electron chi connectivity index (χ4n) is 2.21. The smallest absolute Gasteiger partial charge is 0.123 e. The zero-order chi connectivity index (χ0) is 11.2. The van der Waals surface area contributed by atoms with E-state index in [1.165, 1.54) is 0 Å². The molecule has 1 aromatic carbocycles. The minimum atomic E-state index is -0.0901. The first-order valence-corrected chi connectivity index (χ1v) is 5.61. The Bertz CT molecular complexity index is 397. The minimum Gasteiger partial charge on any atom is -0.507 e. The van der Waals surface area contributed by atoms with Crippen molar-refractivity contribution in [3.05, 3.63) is 28.3 Å². The third-order valence-corrected chi connectivity index (χ3v) is 3.80. The maximum atomic E-state index is 10.1. The molecule has 0 saturated heterocycles. The van der Waals surface area contributed by atoms with Gasteiger partial charge < -0.3 is 10.8 Å². The van der Waals surface area contributed by atoms with Gasteiger partial charge in [0.1, 0.15) is 5.75 Å². The molecule has 2 nitrogen and oxygen atoms in total. The highest BCUT2D eigenvalue weighted by molar-refractivity contribution is 6.31. The summed E-state index contributed by atoms with van der Waals surface area (Å²) in [6, 6.07) is 3.70. The van der Waals surface area contributed by atoms with Gasteiger partial charge in [0.25, 0.3) is 0 Å². The van der Waals surface area contributed by atoms with Gasteiger partial charge in [-0.2, -0.15) is 0 Å². The van der Waals surface area contributed by atoms with E-state index < -0.39 is 0 Å². The lowest BCUT2D eigenvalue weighted by Crippen LogP contribution is -2.32. The number of benzene rings is 1. The molecular weight excluding hydrogens is 210 g/mol. The van der Waals surface area contributed by atoms with Gasteiger partial charge in [0.2, 0.25) is 0 Å². The molecule has 1 fully saturated rings. The Morgan fingerprint density at radius 3 is 2.53 bits per heavy atom. The second-order valence-electron chi connectivity index (χ2n) is 4.53. The van der Waals surface area contributed by atoms with Crippen molar-refractivity contribution in [1.82, 2.24) is 0 Å². The number of hydrogen-bond acceptors (Lipinski definition) is 2. The van der Waals surface area contributed by atoms with E-state index in [9.17, 15) is 5.11 Å². The fourth-order valence-corrected chi connectivity index (χ4v) is 2.55. The van der Waals surface area contributed by atoms with Crippen molar-refractivity contribution in [2.75, 3.05) is 0 Å². The van der Waals surface area contributed by atoms with Crippen LogP contribution in [0.4, 0.5) is 0 Å². The predicted molar refractivity (Wildman–Crippen MR) is 62.4 cm³/mol. The van der Waals surface area contributed by atoms with Crippen LogP contribution in [-0.4, -0.2) is 11.1 Å². The van der Waals surface area contributed by atoms with E-state index in [4.69, 9.17) is 17.3 Å². The molecule has 0 bridgehead atoms. The Morgan fingerprint density at radius 2 is 2.07 bits per heavy atom. The Morgan fingerprint density at radius 1 is 1.47 bits per heavy atom. The molecule has 0 heterocycles. The number of rotatable bonds is 2. The topological polar surface area (TPSA) is 46.2 Å². The lowest BCUT2D eigenvalue weighted by molar-refractivity contribution is 0.443. The lowest BCUT2D eigenvalue weighted by atomic mass is 9.87. The van der Waals surface area contributed by atoms with Crippen LogP contribution in [0.15, 0.2) is 12.1 Å². The first kappa shape index (κ1) is 10.8. The van der Waals surface area contributed by atoms with Crippen molar-refractivity contribution >= 4 is 11.6 Å². The van der Waals surface area contributed by atoms with Crippen molar-refractivity contribution in [2.45, 2.75) is 38.1 Å². The van der Waals surface area contributed by atoms with E-state index in [1.807, 2.05) is 26.0 Å². The zero-order valence-electron chi connectivity index (χ0n) is 9.05. The number of nitrogens with two attached hydrogens (primary N) is 1. The van der Waals surface area contributed by atoms with Crippen LogP contribution in [-0.2, 0) is 5.41 Å². The van der Waals surface area contributed by atoms with Crippen LogP contribution in [0.5, 0.6) is 5.75 Å². The zero-order valence-corrected chi connectivity index (χ0v) is 9.80. The van der Waals surface area contributed by atoms with Crippen molar-refractivity contribution in [2.24, 2.45) is 5.73 Å². The van der Waals surface area contributed by atoms with Crippen molar-refractivity contribution in [3.8, 4) is 5.75 Å². The molecule has 1 saturated carbocycles. The molecule has 0 aliphatic heterocycles. The third-order valence-electron chi connectivity index (χ3n) is 3.49. The molecule has 1 aliphatic carbocycles. The second-order valence-corrected chi connectivity index (χ2v) is 4.94. The van der Waals surface area contributed by atoms with Gasteiger partial charge in [0.05, 0.1) is 0 Å². The van der Waals surface area contributed by atoms with E-state index in [0.29, 0.717) is 10.8 Å². The summed E-state index contributed by atoms with van der Waals surface area (Å²) in [6.45, 7) is 3.86. The fraction of sp³-hybridized carbons (Fsp3) is 0.500. The Hall–Kier alpha value is -0.730. The van der Waals surface area contributed by atoms with Crippen LogP contribution in [0.1, 0.15) is 30.9 Å². The minimum absolute atomic E-state index is 0.0303. The normalized spacial score (nSPS) is 20.0. The highest BCUT2D eigenvalue weighted by atomic mass is 35.5. The lowest BCUT2D eigenvalue weighted by Gasteiger charge is -2.23. The third kappa shape index (κ3) is 1.52. The SMILES string of the molecule is Cc1ccc(Cl)c(C2(C(C)N)CC2)c1O. The quantitative estimate of drug-likeness (QED) is 0.813. The van der Waals surface area contributed by atoms with Crippen molar-refractivity contribution < 1.29 is 5.11 Å². The molecule has 3 heteroatoms. The maximum Gasteiger partial charge on any atom is 0.123 e. The van der Waals surface area contributed by atoms with Gasteiger partial charge in [0, 0.05) is 22.0 Å². The van der Waals surface area contributed by atoms with E-state index in [-0.39, 0.29) is 11.5 Å². The number of phenolic OH excluding ortho intramolecular Hbond substituents is 1. The predicted octanol–water partition coefficient (Wildman–Crippen LogP) is 2.73. The number of hydrogen-bond donors (Lipinski definition) is 2. The molecule has 0 amide bonds. The highest BCUT2D eigenvalue weighted by Crippen LogP contribution is 2.55. The molecule has 2 rings (SSSR count). The van der Waals surface area contributed by atoms with Gasteiger partial charge in [-0.25, -0.2) is 0 Å². The van der Waals surface area contributed by atoms with E-state index in [0.717, 1.165) is 24.0 Å². The molecule has 0 spiro atoms.